The smallest absolute Gasteiger partial charge is 0.284 e. The molecule has 0 amide bonds. The average molecular weight is 356 g/mol. The lowest BCUT2D eigenvalue weighted by molar-refractivity contribution is 0.390. The summed E-state index contributed by atoms with van der Waals surface area (Å²) in [7, 11) is 1.61. The van der Waals surface area contributed by atoms with Gasteiger partial charge in [0.05, 0.1) is 19.1 Å². The molecule has 3 heterocycles. The number of ether oxygens (including phenoxy) is 1. The maximum atomic E-state index is 5.51. The average Bonchev–Trinajstić information content (AvgIpc) is 3.41. The SMILES string of the molecule is COc1cccc(-c2noc(CSc3nnc(-c4ccco4)o3)n2)c1. The summed E-state index contributed by atoms with van der Waals surface area (Å²) in [4.78, 5) is 4.37. The highest BCUT2D eigenvalue weighted by atomic mass is 32.2. The molecule has 0 atom stereocenters. The van der Waals surface area contributed by atoms with Gasteiger partial charge in [-0.1, -0.05) is 29.1 Å². The van der Waals surface area contributed by atoms with Gasteiger partial charge in [-0.05, 0) is 24.3 Å². The van der Waals surface area contributed by atoms with Gasteiger partial charge in [0.25, 0.3) is 11.1 Å². The fourth-order valence-electron chi connectivity index (χ4n) is 2.08. The van der Waals surface area contributed by atoms with Crippen molar-refractivity contribution in [3.05, 3.63) is 48.6 Å². The highest BCUT2D eigenvalue weighted by Gasteiger charge is 2.14. The second-order valence-corrected chi connectivity index (χ2v) is 5.81. The van der Waals surface area contributed by atoms with Gasteiger partial charge in [-0.3, -0.25) is 0 Å². The standard InChI is InChI=1S/C16H12N4O4S/c1-21-11-5-2-4-10(8-11)14-17-13(24-20-14)9-25-16-19-18-15(23-16)12-6-3-7-22-12/h2-8H,9H2,1H3. The van der Waals surface area contributed by atoms with Gasteiger partial charge in [0.2, 0.25) is 11.7 Å². The first-order valence-corrected chi connectivity index (χ1v) is 8.27. The minimum atomic E-state index is 0.329. The summed E-state index contributed by atoms with van der Waals surface area (Å²) in [6, 6.07) is 11.0. The van der Waals surface area contributed by atoms with Crippen molar-refractivity contribution in [3.8, 4) is 28.8 Å². The Morgan fingerprint density at radius 3 is 2.96 bits per heavy atom. The number of nitrogens with zero attached hydrogens (tertiary/aromatic N) is 4. The molecule has 1 aromatic carbocycles. The molecule has 0 aliphatic heterocycles. The quantitative estimate of drug-likeness (QED) is 0.479. The van der Waals surface area contributed by atoms with Crippen LogP contribution in [0, 0.1) is 0 Å². The molecule has 4 rings (SSSR count). The molecular formula is C16H12N4O4S. The van der Waals surface area contributed by atoms with Gasteiger partial charge in [0.15, 0.2) is 5.76 Å². The van der Waals surface area contributed by atoms with E-state index in [2.05, 4.69) is 20.3 Å². The van der Waals surface area contributed by atoms with E-state index in [0.717, 1.165) is 11.3 Å². The molecule has 25 heavy (non-hydrogen) atoms. The van der Waals surface area contributed by atoms with E-state index < -0.39 is 0 Å². The lowest BCUT2D eigenvalue weighted by Crippen LogP contribution is -1.86. The van der Waals surface area contributed by atoms with Crippen molar-refractivity contribution in [2.24, 2.45) is 0 Å². The van der Waals surface area contributed by atoms with Crippen molar-refractivity contribution in [3.63, 3.8) is 0 Å². The second kappa shape index (κ2) is 6.81. The van der Waals surface area contributed by atoms with Crippen molar-refractivity contribution in [1.82, 2.24) is 20.3 Å². The van der Waals surface area contributed by atoms with Crippen LogP contribution in [-0.2, 0) is 5.75 Å². The molecule has 0 N–H and O–H groups in total. The molecule has 3 aromatic heterocycles. The fourth-order valence-corrected chi connectivity index (χ4v) is 2.68. The van der Waals surface area contributed by atoms with Gasteiger partial charge in [0, 0.05) is 5.56 Å². The van der Waals surface area contributed by atoms with Crippen LogP contribution < -0.4 is 4.74 Å². The zero-order chi connectivity index (χ0) is 17.1. The van der Waals surface area contributed by atoms with Crippen LogP contribution in [-0.4, -0.2) is 27.4 Å². The normalized spacial score (nSPS) is 10.9. The topological polar surface area (TPSA) is 100 Å². The third-order valence-electron chi connectivity index (χ3n) is 3.25. The summed E-state index contributed by atoms with van der Waals surface area (Å²) in [6.45, 7) is 0. The monoisotopic (exact) mass is 356 g/mol. The minimum Gasteiger partial charge on any atom is -0.497 e. The van der Waals surface area contributed by atoms with Crippen molar-refractivity contribution >= 4 is 11.8 Å². The molecule has 4 aromatic rings. The summed E-state index contributed by atoms with van der Waals surface area (Å²) in [5.41, 5.74) is 0.817. The highest BCUT2D eigenvalue weighted by molar-refractivity contribution is 7.98. The molecule has 0 aliphatic rings. The molecule has 0 fully saturated rings. The summed E-state index contributed by atoms with van der Waals surface area (Å²) < 4.78 is 21.2. The molecule has 9 heteroatoms. The van der Waals surface area contributed by atoms with Gasteiger partial charge in [-0.25, -0.2) is 0 Å². The number of rotatable bonds is 6. The Kier molecular flexibility index (Phi) is 4.21. The van der Waals surface area contributed by atoms with E-state index in [1.54, 1.807) is 25.5 Å². The zero-order valence-corrected chi connectivity index (χ0v) is 13.9. The Bertz CT molecular complexity index is 964. The second-order valence-electron chi connectivity index (χ2n) is 4.88. The Balaban J connectivity index is 1.43. The Morgan fingerprint density at radius 1 is 1.16 bits per heavy atom. The van der Waals surface area contributed by atoms with Gasteiger partial charge in [0.1, 0.15) is 5.75 Å². The van der Waals surface area contributed by atoms with Gasteiger partial charge < -0.3 is 18.1 Å². The van der Waals surface area contributed by atoms with Crippen LogP contribution in [0.2, 0.25) is 0 Å². The molecular weight excluding hydrogens is 344 g/mol. The van der Waals surface area contributed by atoms with Crippen molar-refractivity contribution in [2.45, 2.75) is 11.0 Å². The predicted molar refractivity (Wildman–Crippen MR) is 87.8 cm³/mol. The molecule has 0 radical (unpaired) electrons. The van der Waals surface area contributed by atoms with Crippen LogP contribution in [0.15, 0.2) is 61.2 Å². The number of furan rings is 1. The largest absolute Gasteiger partial charge is 0.497 e. The first kappa shape index (κ1) is 15.5. The molecule has 0 aliphatic carbocycles. The van der Waals surface area contributed by atoms with E-state index in [4.69, 9.17) is 18.1 Å². The summed E-state index contributed by atoms with van der Waals surface area (Å²) in [5.74, 6) is 2.95. The van der Waals surface area contributed by atoms with Gasteiger partial charge >= 0.3 is 0 Å². The van der Waals surface area contributed by atoms with Crippen molar-refractivity contribution < 1.29 is 18.1 Å². The first-order chi connectivity index (χ1) is 12.3. The van der Waals surface area contributed by atoms with E-state index >= 15 is 0 Å². The van der Waals surface area contributed by atoms with Crippen LogP contribution >= 0.6 is 11.8 Å². The highest BCUT2D eigenvalue weighted by Crippen LogP contribution is 2.27. The van der Waals surface area contributed by atoms with E-state index in [1.165, 1.54) is 11.8 Å². The Labute approximate surface area is 146 Å². The third-order valence-corrected chi connectivity index (χ3v) is 4.06. The maximum absolute atomic E-state index is 5.51. The van der Waals surface area contributed by atoms with E-state index in [0.29, 0.717) is 34.3 Å². The van der Waals surface area contributed by atoms with Crippen LogP contribution in [0.5, 0.6) is 5.75 Å². The van der Waals surface area contributed by atoms with Gasteiger partial charge in [-0.2, -0.15) is 4.98 Å². The van der Waals surface area contributed by atoms with E-state index in [-0.39, 0.29) is 0 Å². The predicted octanol–water partition coefficient (Wildman–Crippen LogP) is 3.68. The number of thioether (sulfide) groups is 1. The van der Waals surface area contributed by atoms with E-state index in [1.807, 2.05) is 24.3 Å². The number of hydrogen-bond donors (Lipinski definition) is 0. The van der Waals surface area contributed by atoms with Crippen molar-refractivity contribution in [1.29, 1.82) is 0 Å². The maximum Gasteiger partial charge on any atom is 0.284 e. The van der Waals surface area contributed by atoms with Crippen LogP contribution in [0.1, 0.15) is 5.89 Å². The molecule has 0 saturated heterocycles. The minimum absolute atomic E-state index is 0.329. The summed E-state index contributed by atoms with van der Waals surface area (Å²) >= 11 is 1.30. The van der Waals surface area contributed by atoms with Crippen LogP contribution in [0.4, 0.5) is 0 Å². The van der Waals surface area contributed by atoms with Gasteiger partial charge in [-0.15, -0.1) is 10.2 Å². The zero-order valence-electron chi connectivity index (χ0n) is 13.1. The number of aromatic nitrogens is 4. The van der Waals surface area contributed by atoms with Crippen LogP contribution in [0.3, 0.4) is 0 Å². The fraction of sp³-hybridized carbons (Fsp3) is 0.125. The van der Waals surface area contributed by atoms with Crippen LogP contribution in [0.25, 0.3) is 23.0 Å². The molecule has 0 bridgehead atoms. The Morgan fingerprint density at radius 2 is 2.12 bits per heavy atom. The lowest BCUT2D eigenvalue weighted by Gasteiger charge is -1.99. The summed E-state index contributed by atoms with van der Waals surface area (Å²) in [6.07, 6.45) is 1.55. The van der Waals surface area contributed by atoms with E-state index in [9.17, 15) is 0 Å². The number of benzene rings is 1. The number of hydrogen-bond acceptors (Lipinski definition) is 9. The molecule has 0 spiro atoms. The molecule has 8 nitrogen and oxygen atoms in total. The molecule has 126 valence electrons. The van der Waals surface area contributed by atoms with Crippen molar-refractivity contribution in [2.75, 3.05) is 7.11 Å². The lowest BCUT2D eigenvalue weighted by atomic mass is 10.2. The number of methoxy groups -OCH3 is 1. The molecule has 0 saturated carbocycles. The summed E-state index contributed by atoms with van der Waals surface area (Å²) in [5, 5.41) is 12.3. The first-order valence-electron chi connectivity index (χ1n) is 7.29. The Hall–Kier alpha value is -3.07. The molecule has 0 unspecified atom stereocenters. The third kappa shape index (κ3) is 3.41.